The van der Waals surface area contributed by atoms with Crippen molar-refractivity contribution in [1.29, 1.82) is 0 Å². The monoisotopic (exact) mass is 422 g/mol. The van der Waals surface area contributed by atoms with Crippen molar-refractivity contribution in [2.24, 2.45) is 0 Å². The topological polar surface area (TPSA) is 51.5 Å². The summed E-state index contributed by atoms with van der Waals surface area (Å²) in [6, 6.07) is 22.3. The Labute approximate surface area is 174 Å². The summed E-state index contributed by atoms with van der Waals surface area (Å²) in [5.41, 5.74) is 1.78. The van der Waals surface area contributed by atoms with Crippen molar-refractivity contribution in [2.45, 2.75) is 18.0 Å². The number of aromatic nitrogens is 1. The molecule has 0 bridgehead atoms. The van der Waals surface area contributed by atoms with Gasteiger partial charge in [-0.15, -0.1) is 0 Å². The van der Waals surface area contributed by atoms with E-state index in [1.807, 2.05) is 36.4 Å². The molecule has 4 aromatic rings. The van der Waals surface area contributed by atoms with Gasteiger partial charge in [-0.3, -0.25) is 0 Å². The molecule has 0 N–H and O–H groups in total. The second-order valence-electron chi connectivity index (χ2n) is 7.22. The Morgan fingerprint density at radius 1 is 0.833 bits per heavy atom. The molecule has 5 nitrogen and oxygen atoms in total. The molecule has 7 heteroatoms. The maximum absolute atomic E-state index is 13.5. The summed E-state index contributed by atoms with van der Waals surface area (Å²) in [5.74, 6) is 0.960. The molecule has 0 saturated heterocycles. The zero-order valence-corrected chi connectivity index (χ0v) is 16.8. The molecular formula is C23H19FN2O3S. The van der Waals surface area contributed by atoms with E-state index >= 15 is 0 Å². The fourth-order valence-corrected chi connectivity index (χ4v) is 5.23. The van der Waals surface area contributed by atoms with E-state index in [0.29, 0.717) is 24.6 Å². The lowest BCUT2D eigenvalue weighted by atomic mass is 10.2. The van der Waals surface area contributed by atoms with Crippen LogP contribution in [0.25, 0.3) is 10.9 Å². The number of halogens is 1. The first-order valence-corrected chi connectivity index (χ1v) is 11.1. The van der Waals surface area contributed by atoms with Crippen molar-refractivity contribution < 1.29 is 17.5 Å². The van der Waals surface area contributed by atoms with Crippen LogP contribution in [0.5, 0.6) is 11.5 Å². The average molecular weight is 422 g/mol. The van der Waals surface area contributed by atoms with Gasteiger partial charge in [0.1, 0.15) is 17.3 Å². The highest BCUT2D eigenvalue weighted by Gasteiger charge is 2.29. The molecule has 0 atom stereocenters. The zero-order chi connectivity index (χ0) is 20.7. The van der Waals surface area contributed by atoms with Crippen molar-refractivity contribution >= 4 is 20.9 Å². The number of sulfonamides is 1. The SMILES string of the molecule is O=S(=O)(c1ccc(Oc2ccccc2)cc1)N1CCn2c(cc3cc(F)ccc32)C1. The van der Waals surface area contributed by atoms with Gasteiger partial charge < -0.3 is 9.30 Å². The molecule has 1 aliphatic rings. The fourth-order valence-electron chi connectivity index (χ4n) is 3.82. The van der Waals surface area contributed by atoms with Gasteiger partial charge in [-0.2, -0.15) is 4.31 Å². The molecule has 0 fully saturated rings. The highest BCUT2D eigenvalue weighted by Crippen LogP contribution is 2.29. The van der Waals surface area contributed by atoms with Gasteiger partial charge in [-0.1, -0.05) is 18.2 Å². The lowest BCUT2D eigenvalue weighted by Crippen LogP contribution is -2.37. The van der Waals surface area contributed by atoms with Gasteiger partial charge in [0.2, 0.25) is 10.0 Å². The molecule has 2 heterocycles. The molecule has 5 rings (SSSR count). The normalized spacial score (nSPS) is 14.6. The maximum Gasteiger partial charge on any atom is 0.243 e. The highest BCUT2D eigenvalue weighted by molar-refractivity contribution is 7.89. The van der Waals surface area contributed by atoms with E-state index in [-0.39, 0.29) is 17.3 Å². The summed E-state index contributed by atoms with van der Waals surface area (Å²) in [6.45, 7) is 1.14. The minimum Gasteiger partial charge on any atom is -0.457 e. The van der Waals surface area contributed by atoms with Crippen LogP contribution in [0, 0.1) is 5.82 Å². The number of hydrogen-bond acceptors (Lipinski definition) is 3. The molecule has 30 heavy (non-hydrogen) atoms. The van der Waals surface area contributed by atoms with Crippen molar-refractivity contribution in [2.75, 3.05) is 6.54 Å². The van der Waals surface area contributed by atoms with Crippen LogP contribution in [0.4, 0.5) is 4.39 Å². The van der Waals surface area contributed by atoms with Crippen molar-refractivity contribution in [3.63, 3.8) is 0 Å². The summed E-state index contributed by atoms with van der Waals surface area (Å²) in [5, 5.41) is 0.784. The van der Waals surface area contributed by atoms with E-state index < -0.39 is 10.0 Å². The molecule has 0 unspecified atom stereocenters. The molecular weight excluding hydrogens is 403 g/mol. The van der Waals surface area contributed by atoms with Crippen molar-refractivity contribution in [3.05, 3.63) is 90.4 Å². The predicted molar refractivity (Wildman–Crippen MR) is 112 cm³/mol. The molecule has 0 aliphatic carbocycles. The lowest BCUT2D eigenvalue weighted by molar-refractivity contribution is 0.345. The minimum absolute atomic E-state index is 0.221. The molecule has 1 aromatic heterocycles. The number of rotatable bonds is 4. The maximum atomic E-state index is 13.5. The van der Waals surface area contributed by atoms with Crippen LogP contribution in [0.15, 0.2) is 83.8 Å². The molecule has 152 valence electrons. The Balaban J connectivity index is 1.38. The highest BCUT2D eigenvalue weighted by atomic mass is 32.2. The van der Waals surface area contributed by atoms with Crippen LogP contribution in [-0.4, -0.2) is 23.8 Å². The van der Waals surface area contributed by atoms with Gasteiger partial charge in [0, 0.05) is 29.7 Å². The third-order valence-electron chi connectivity index (χ3n) is 5.30. The Morgan fingerprint density at radius 2 is 1.57 bits per heavy atom. The standard InChI is InChI=1S/C23H19FN2O3S/c24-18-6-11-23-17(14-18)15-19-16-25(12-13-26(19)23)30(27,28)22-9-7-21(8-10-22)29-20-4-2-1-3-5-20/h1-11,14-15H,12-13,16H2. The average Bonchev–Trinajstić information content (AvgIpc) is 3.11. The summed E-state index contributed by atoms with van der Waals surface area (Å²) in [4.78, 5) is 0.221. The number of fused-ring (bicyclic) bond motifs is 3. The number of benzene rings is 3. The first kappa shape index (κ1) is 18.8. The van der Waals surface area contributed by atoms with Gasteiger partial charge >= 0.3 is 0 Å². The van der Waals surface area contributed by atoms with E-state index in [4.69, 9.17) is 4.74 Å². The molecule has 0 amide bonds. The molecule has 0 radical (unpaired) electrons. The molecule has 0 spiro atoms. The van der Waals surface area contributed by atoms with E-state index in [1.54, 1.807) is 30.3 Å². The number of para-hydroxylation sites is 1. The second kappa shape index (κ2) is 7.27. The van der Waals surface area contributed by atoms with Crippen molar-refractivity contribution in [1.82, 2.24) is 8.87 Å². The number of nitrogens with zero attached hydrogens (tertiary/aromatic N) is 2. The van der Waals surface area contributed by atoms with Crippen LogP contribution in [-0.2, 0) is 23.1 Å². The Hall–Kier alpha value is -3.16. The van der Waals surface area contributed by atoms with Crippen LogP contribution < -0.4 is 4.74 Å². The van der Waals surface area contributed by atoms with Gasteiger partial charge in [0.25, 0.3) is 0 Å². The minimum atomic E-state index is -3.65. The van der Waals surface area contributed by atoms with Crippen LogP contribution in [0.1, 0.15) is 5.69 Å². The van der Waals surface area contributed by atoms with E-state index in [2.05, 4.69) is 4.57 Å². The molecule has 0 saturated carbocycles. The largest absolute Gasteiger partial charge is 0.457 e. The van der Waals surface area contributed by atoms with Gasteiger partial charge in [0.05, 0.1) is 11.4 Å². The summed E-state index contributed by atoms with van der Waals surface area (Å²) in [7, 11) is -3.65. The fraction of sp³-hybridized carbons (Fsp3) is 0.130. The summed E-state index contributed by atoms with van der Waals surface area (Å²) >= 11 is 0. The Morgan fingerprint density at radius 3 is 2.33 bits per heavy atom. The summed E-state index contributed by atoms with van der Waals surface area (Å²) < 4.78 is 49.1. The van der Waals surface area contributed by atoms with Gasteiger partial charge in [-0.05, 0) is 60.7 Å². The van der Waals surface area contributed by atoms with Crippen LogP contribution >= 0.6 is 0 Å². The van der Waals surface area contributed by atoms with E-state index in [9.17, 15) is 12.8 Å². The first-order valence-electron chi connectivity index (χ1n) is 9.61. The number of hydrogen-bond donors (Lipinski definition) is 0. The van der Waals surface area contributed by atoms with Crippen LogP contribution in [0.3, 0.4) is 0 Å². The third-order valence-corrected chi connectivity index (χ3v) is 7.16. The van der Waals surface area contributed by atoms with Gasteiger partial charge in [-0.25, -0.2) is 12.8 Å². The smallest absolute Gasteiger partial charge is 0.243 e. The molecule has 1 aliphatic heterocycles. The van der Waals surface area contributed by atoms with Crippen LogP contribution in [0.2, 0.25) is 0 Å². The van der Waals surface area contributed by atoms with Crippen molar-refractivity contribution in [3.8, 4) is 11.5 Å². The van der Waals surface area contributed by atoms with E-state index in [1.165, 1.54) is 16.4 Å². The summed E-state index contributed by atoms with van der Waals surface area (Å²) in [6.07, 6.45) is 0. The molecule has 3 aromatic carbocycles. The zero-order valence-electron chi connectivity index (χ0n) is 16.0. The first-order chi connectivity index (χ1) is 14.5. The number of ether oxygens (including phenoxy) is 1. The Bertz CT molecular complexity index is 1320. The van der Waals surface area contributed by atoms with E-state index in [0.717, 1.165) is 16.6 Å². The predicted octanol–water partition coefficient (Wildman–Crippen LogP) is 4.78. The third kappa shape index (κ3) is 3.36. The quantitative estimate of drug-likeness (QED) is 0.476. The van der Waals surface area contributed by atoms with Gasteiger partial charge in [0.15, 0.2) is 0 Å². The Kier molecular flexibility index (Phi) is 4.56. The lowest BCUT2D eigenvalue weighted by Gasteiger charge is -2.28. The second-order valence-corrected chi connectivity index (χ2v) is 9.15.